The molecule has 17 heavy (non-hydrogen) atoms. The topological polar surface area (TPSA) is 39.1 Å². The molecule has 1 aromatic rings. The maximum absolute atomic E-state index is 5.24. The molecule has 1 N–H and O–H groups in total. The molecule has 1 atom stereocenters. The Kier molecular flexibility index (Phi) is 5.48. The molecule has 0 radical (unpaired) electrons. The second-order valence-electron chi connectivity index (χ2n) is 4.85. The molecule has 1 heterocycles. The largest absolute Gasteiger partial charge is 0.383 e. The van der Waals surface area contributed by atoms with E-state index in [1.54, 1.807) is 7.11 Å². The van der Waals surface area contributed by atoms with Gasteiger partial charge in [0.25, 0.3) is 0 Å². The van der Waals surface area contributed by atoms with Crippen LogP contribution in [0.1, 0.15) is 32.9 Å². The van der Waals surface area contributed by atoms with Gasteiger partial charge in [-0.2, -0.15) is 0 Å². The van der Waals surface area contributed by atoms with Crippen LogP contribution in [0.25, 0.3) is 0 Å². The smallest absolute Gasteiger partial charge is 0.203 e. The van der Waals surface area contributed by atoms with Crippen molar-refractivity contribution in [1.82, 2.24) is 9.55 Å². The molecule has 0 aliphatic carbocycles. The van der Waals surface area contributed by atoms with Crippen LogP contribution in [0, 0.1) is 12.8 Å². The lowest BCUT2D eigenvalue weighted by Crippen LogP contribution is -2.31. The summed E-state index contributed by atoms with van der Waals surface area (Å²) in [6, 6.07) is 0.303. The Morgan fingerprint density at radius 2 is 2.18 bits per heavy atom. The van der Waals surface area contributed by atoms with Crippen molar-refractivity contribution in [3.63, 3.8) is 0 Å². The van der Waals surface area contributed by atoms with E-state index in [9.17, 15) is 0 Å². The summed E-state index contributed by atoms with van der Waals surface area (Å²) in [5, 5.41) is 3.48. The highest BCUT2D eigenvalue weighted by Crippen LogP contribution is 2.14. The molecule has 0 aromatic carbocycles. The summed E-state index contributed by atoms with van der Waals surface area (Å²) in [7, 11) is 1.74. The minimum absolute atomic E-state index is 0.303. The van der Waals surface area contributed by atoms with Crippen molar-refractivity contribution >= 4 is 5.95 Å². The van der Waals surface area contributed by atoms with E-state index in [-0.39, 0.29) is 0 Å². The molecular weight excluding hydrogens is 214 g/mol. The third-order valence-electron chi connectivity index (χ3n) is 2.83. The zero-order valence-corrected chi connectivity index (χ0v) is 11.7. The molecular formula is C13H25N3O. The Balaban J connectivity index is 2.76. The summed E-state index contributed by atoms with van der Waals surface area (Å²) in [4.78, 5) is 4.53. The van der Waals surface area contributed by atoms with Crippen molar-refractivity contribution < 1.29 is 4.74 Å². The van der Waals surface area contributed by atoms with Gasteiger partial charge in [0.05, 0.1) is 18.3 Å². The summed E-state index contributed by atoms with van der Waals surface area (Å²) in [6.07, 6.45) is 3.21. The van der Waals surface area contributed by atoms with E-state index in [1.165, 1.54) is 0 Å². The standard InChI is InChI=1S/C13H25N3O/c1-6-7-16-8-11(4)14-13(16)15-12(9-17-5)10(2)3/h8,10,12H,6-7,9H2,1-5H3,(H,14,15). The van der Waals surface area contributed by atoms with E-state index < -0.39 is 0 Å². The van der Waals surface area contributed by atoms with Gasteiger partial charge < -0.3 is 14.6 Å². The van der Waals surface area contributed by atoms with Crippen LogP contribution in [0.4, 0.5) is 5.95 Å². The fourth-order valence-corrected chi connectivity index (χ4v) is 1.82. The number of anilines is 1. The number of methoxy groups -OCH3 is 1. The third-order valence-corrected chi connectivity index (χ3v) is 2.83. The average molecular weight is 239 g/mol. The normalized spacial score (nSPS) is 13.1. The molecule has 0 fully saturated rings. The van der Waals surface area contributed by atoms with Crippen molar-refractivity contribution in [2.24, 2.45) is 5.92 Å². The zero-order chi connectivity index (χ0) is 12.8. The first-order valence-corrected chi connectivity index (χ1v) is 6.37. The minimum Gasteiger partial charge on any atom is -0.383 e. The summed E-state index contributed by atoms with van der Waals surface area (Å²) in [5.41, 5.74) is 1.06. The van der Waals surface area contributed by atoms with Gasteiger partial charge in [0.1, 0.15) is 0 Å². The summed E-state index contributed by atoms with van der Waals surface area (Å²) in [5.74, 6) is 1.47. The Bertz CT molecular complexity index is 333. The van der Waals surface area contributed by atoms with E-state index in [2.05, 4.69) is 41.8 Å². The molecule has 1 rings (SSSR count). The number of hydrogen-bond acceptors (Lipinski definition) is 3. The van der Waals surface area contributed by atoms with Crippen molar-refractivity contribution in [1.29, 1.82) is 0 Å². The van der Waals surface area contributed by atoms with Gasteiger partial charge in [-0.3, -0.25) is 0 Å². The monoisotopic (exact) mass is 239 g/mol. The lowest BCUT2D eigenvalue weighted by molar-refractivity contribution is 0.170. The molecule has 0 saturated heterocycles. The molecule has 0 aliphatic rings. The highest BCUT2D eigenvalue weighted by Gasteiger charge is 2.15. The van der Waals surface area contributed by atoms with Gasteiger partial charge in [0, 0.05) is 19.9 Å². The second kappa shape index (κ2) is 6.64. The van der Waals surface area contributed by atoms with E-state index >= 15 is 0 Å². The molecule has 98 valence electrons. The van der Waals surface area contributed by atoms with Crippen molar-refractivity contribution in [2.45, 2.75) is 46.7 Å². The molecule has 0 bridgehead atoms. The number of nitrogens with zero attached hydrogens (tertiary/aromatic N) is 2. The number of rotatable bonds is 7. The summed E-state index contributed by atoms with van der Waals surface area (Å²) >= 11 is 0. The molecule has 1 aromatic heterocycles. The zero-order valence-electron chi connectivity index (χ0n) is 11.7. The maximum Gasteiger partial charge on any atom is 0.203 e. The Morgan fingerprint density at radius 1 is 1.47 bits per heavy atom. The van der Waals surface area contributed by atoms with Crippen LogP contribution in [-0.2, 0) is 11.3 Å². The number of nitrogens with one attached hydrogen (secondary N) is 1. The Morgan fingerprint density at radius 3 is 2.71 bits per heavy atom. The van der Waals surface area contributed by atoms with Crippen LogP contribution in [0.2, 0.25) is 0 Å². The maximum atomic E-state index is 5.24. The Hall–Kier alpha value is -1.03. The van der Waals surface area contributed by atoms with Gasteiger partial charge >= 0.3 is 0 Å². The summed E-state index contributed by atoms with van der Waals surface area (Å²) < 4.78 is 7.43. The second-order valence-corrected chi connectivity index (χ2v) is 4.85. The highest BCUT2D eigenvalue weighted by atomic mass is 16.5. The average Bonchev–Trinajstić information content (AvgIpc) is 2.59. The first-order valence-electron chi connectivity index (χ1n) is 6.37. The highest BCUT2D eigenvalue weighted by molar-refractivity contribution is 5.30. The van der Waals surface area contributed by atoms with Crippen LogP contribution in [0.15, 0.2) is 6.20 Å². The van der Waals surface area contributed by atoms with Gasteiger partial charge in [0.15, 0.2) is 0 Å². The molecule has 1 unspecified atom stereocenters. The summed E-state index contributed by atoms with van der Waals surface area (Å²) in [6.45, 7) is 10.3. The van der Waals surface area contributed by atoms with Gasteiger partial charge in [-0.25, -0.2) is 4.98 Å². The third kappa shape index (κ3) is 4.04. The molecule has 0 aliphatic heterocycles. The van der Waals surface area contributed by atoms with Crippen LogP contribution in [0.5, 0.6) is 0 Å². The molecule has 0 saturated carbocycles. The lowest BCUT2D eigenvalue weighted by Gasteiger charge is -2.22. The van der Waals surface area contributed by atoms with Gasteiger partial charge in [0.2, 0.25) is 5.95 Å². The van der Waals surface area contributed by atoms with Gasteiger partial charge in [-0.05, 0) is 19.3 Å². The van der Waals surface area contributed by atoms with Crippen LogP contribution < -0.4 is 5.32 Å². The number of aromatic nitrogens is 2. The van der Waals surface area contributed by atoms with Crippen molar-refractivity contribution in [3.05, 3.63) is 11.9 Å². The fraction of sp³-hybridized carbons (Fsp3) is 0.769. The van der Waals surface area contributed by atoms with Gasteiger partial charge in [-0.1, -0.05) is 20.8 Å². The molecule has 0 amide bonds. The minimum atomic E-state index is 0.303. The predicted molar refractivity (Wildman–Crippen MR) is 71.4 cm³/mol. The van der Waals surface area contributed by atoms with Crippen LogP contribution in [0.3, 0.4) is 0 Å². The first-order chi connectivity index (χ1) is 8.08. The van der Waals surface area contributed by atoms with Crippen molar-refractivity contribution in [3.8, 4) is 0 Å². The first kappa shape index (κ1) is 14.0. The van der Waals surface area contributed by atoms with E-state index in [0.29, 0.717) is 18.6 Å². The van der Waals surface area contributed by atoms with Crippen molar-refractivity contribution in [2.75, 3.05) is 19.0 Å². The quantitative estimate of drug-likeness (QED) is 0.795. The van der Waals surface area contributed by atoms with E-state index in [1.807, 2.05) is 6.92 Å². The Labute approximate surface area is 104 Å². The van der Waals surface area contributed by atoms with Crippen LogP contribution >= 0.6 is 0 Å². The predicted octanol–water partition coefficient (Wildman–Crippen LogP) is 2.68. The fourth-order valence-electron chi connectivity index (χ4n) is 1.82. The molecule has 4 nitrogen and oxygen atoms in total. The van der Waals surface area contributed by atoms with E-state index in [4.69, 9.17) is 4.74 Å². The lowest BCUT2D eigenvalue weighted by atomic mass is 10.1. The SMILES string of the molecule is CCCn1cc(C)nc1NC(COC)C(C)C. The number of ether oxygens (including phenoxy) is 1. The number of imidazole rings is 1. The molecule has 4 heteroatoms. The van der Waals surface area contributed by atoms with Crippen LogP contribution in [-0.4, -0.2) is 29.3 Å². The number of hydrogen-bond donors (Lipinski definition) is 1. The number of aryl methyl sites for hydroxylation is 2. The molecule has 0 spiro atoms. The van der Waals surface area contributed by atoms with Gasteiger partial charge in [-0.15, -0.1) is 0 Å². The van der Waals surface area contributed by atoms with E-state index in [0.717, 1.165) is 24.6 Å².